The van der Waals surface area contributed by atoms with Crippen LogP contribution in [0.5, 0.6) is 0 Å². The Morgan fingerprint density at radius 3 is 2.12 bits per heavy atom. The van der Waals surface area contributed by atoms with Crippen molar-refractivity contribution >= 4 is 11.8 Å². The minimum atomic E-state index is -0.358. The monoisotopic (exact) mass is 242 g/mol. The molecule has 0 bridgehead atoms. The molecular weight excluding hydrogens is 216 g/mol. The van der Waals surface area contributed by atoms with Crippen molar-refractivity contribution in [2.45, 2.75) is 53.4 Å². The van der Waals surface area contributed by atoms with E-state index < -0.39 is 0 Å². The molecule has 4 nitrogen and oxygen atoms in total. The highest BCUT2D eigenvalue weighted by molar-refractivity contribution is 5.81. The topological polar surface area (TPSA) is 58.2 Å². The van der Waals surface area contributed by atoms with E-state index in [-0.39, 0.29) is 17.2 Å². The van der Waals surface area contributed by atoms with Gasteiger partial charge in [0.15, 0.2) is 0 Å². The summed E-state index contributed by atoms with van der Waals surface area (Å²) >= 11 is 0. The van der Waals surface area contributed by atoms with E-state index in [1.54, 1.807) is 0 Å². The molecule has 2 N–H and O–H groups in total. The first-order chi connectivity index (χ1) is 7.88. The largest absolute Gasteiger partial charge is 0.356 e. The highest BCUT2D eigenvalue weighted by Gasteiger charge is 2.20. The first-order valence-corrected chi connectivity index (χ1v) is 6.43. The van der Waals surface area contributed by atoms with Crippen LogP contribution in [-0.2, 0) is 9.59 Å². The minimum absolute atomic E-state index is 0.0314. The van der Waals surface area contributed by atoms with Gasteiger partial charge in [0.1, 0.15) is 0 Å². The second-order valence-electron chi connectivity index (χ2n) is 5.31. The number of nitrogens with one attached hydrogen (secondary N) is 2. The third kappa shape index (κ3) is 8.72. The standard InChI is InChI=1S/C13H26N2O2/c1-5-6-9-14-11(16)8-7-10-15-12(17)13(2,3)4/h5-10H2,1-4H3,(H,14,16)(H,15,17). The van der Waals surface area contributed by atoms with Crippen LogP contribution in [0.25, 0.3) is 0 Å². The smallest absolute Gasteiger partial charge is 0.225 e. The van der Waals surface area contributed by atoms with Gasteiger partial charge in [-0.3, -0.25) is 9.59 Å². The molecule has 0 heterocycles. The maximum Gasteiger partial charge on any atom is 0.225 e. The molecular formula is C13H26N2O2. The summed E-state index contributed by atoms with van der Waals surface area (Å²) in [5.41, 5.74) is -0.358. The van der Waals surface area contributed by atoms with E-state index in [1.807, 2.05) is 20.8 Å². The van der Waals surface area contributed by atoms with E-state index in [2.05, 4.69) is 17.6 Å². The van der Waals surface area contributed by atoms with Gasteiger partial charge in [0, 0.05) is 24.9 Å². The van der Waals surface area contributed by atoms with E-state index in [9.17, 15) is 9.59 Å². The Morgan fingerprint density at radius 1 is 1.00 bits per heavy atom. The number of rotatable bonds is 7. The minimum Gasteiger partial charge on any atom is -0.356 e. The molecule has 0 aromatic heterocycles. The molecule has 0 aliphatic rings. The van der Waals surface area contributed by atoms with Gasteiger partial charge in [-0.15, -0.1) is 0 Å². The SMILES string of the molecule is CCCCNC(=O)CCCNC(=O)C(C)(C)C. The number of carbonyl (C=O) groups excluding carboxylic acids is 2. The lowest BCUT2D eigenvalue weighted by Crippen LogP contribution is -2.35. The molecule has 0 atom stereocenters. The maximum atomic E-state index is 11.5. The third-order valence-electron chi connectivity index (χ3n) is 2.40. The Balaban J connectivity index is 3.51. The van der Waals surface area contributed by atoms with Crippen LogP contribution in [0.3, 0.4) is 0 Å². The fraction of sp³-hybridized carbons (Fsp3) is 0.846. The van der Waals surface area contributed by atoms with Gasteiger partial charge in [-0.05, 0) is 12.8 Å². The molecule has 0 saturated heterocycles. The molecule has 17 heavy (non-hydrogen) atoms. The van der Waals surface area contributed by atoms with E-state index in [4.69, 9.17) is 0 Å². The van der Waals surface area contributed by atoms with E-state index >= 15 is 0 Å². The zero-order valence-electron chi connectivity index (χ0n) is 11.6. The molecule has 0 saturated carbocycles. The van der Waals surface area contributed by atoms with Gasteiger partial charge >= 0.3 is 0 Å². The molecule has 0 aliphatic carbocycles. The summed E-state index contributed by atoms with van der Waals surface area (Å²) in [5.74, 6) is 0.104. The van der Waals surface area contributed by atoms with Crippen molar-refractivity contribution in [1.29, 1.82) is 0 Å². The average Bonchev–Trinajstić information content (AvgIpc) is 2.23. The van der Waals surface area contributed by atoms with Crippen LogP contribution in [-0.4, -0.2) is 24.9 Å². The summed E-state index contributed by atoms with van der Waals surface area (Å²) in [6, 6.07) is 0. The molecule has 0 rings (SSSR count). The van der Waals surface area contributed by atoms with Crippen molar-refractivity contribution in [3.05, 3.63) is 0 Å². The first kappa shape index (κ1) is 15.9. The summed E-state index contributed by atoms with van der Waals surface area (Å²) < 4.78 is 0. The third-order valence-corrected chi connectivity index (χ3v) is 2.40. The molecule has 0 radical (unpaired) electrons. The molecule has 0 spiro atoms. The summed E-state index contributed by atoms with van der Waals surface area (Å²) in [5, 5.41) is 5.68. The van der Waals surface area contributed by atoms with Gasteiger partial charge in [0.2, 0.25) is 11.8 Å². The summed E-state index contributed by atoms with van der Waals surface area (Å²) in [7, 11) is 0. The van der Waals surface area contributed by atoms with Crippen molar-refractivity contribution in [3.63, 3.8) is 0 Å². The zero-order chi connectivity index (χ0) is 13.3. The molecule has 0 unspecified atom stereocenters. The van der Waals surface area contributed by atoms with Crippen LogP contribution in [0, 0.1) is 5.41 Å². The zero-order valence-corrected chi connectivity index (χ0v) is 11.6. The van der Waals surface area contributed by atoms with Gasteiger partial charge in [0.05, 0.1) is 0 Å². The fourth-order valence-electron chi connectivity index (χ4n) is 1.21. The Morgan fingerprint density at radius 2 is 1.59 bits per heavy atom. The normalized spacial score (nSPS) is 11.1. The lowest BCUT2D eigenvalue weighted by molar-refractivity contribution is -0.128. The Kier molecular flexibility index (Phi) is 7.59. The summed E-state index contributed by atoms with van der Waals surface area (Å²) in [6.45, 7) is 9.04. The Labute approximate surface area is 105 Å². The lowest BCUT2D eigenvalue weighted by atomic mass is 9.96. The van der Waals surface area contributed by atoms with Crippen molar-refractivity contribution in [1.82, 2.24) is 10.6 Å². The Bertz CT molecular complexity index is 244. The predicted molar refractivity (Wildman–Crippen MR) is 69.6 cm³/mol. The highest BCUT2D eigenvalue weighted by Crippen LogP contribution is 2.12. The molecule has 0 fully saturated rings. The first-order valence-electron chi connectivity index (χ1n) is 6.43. The van der Waals surface area contributed by atoms with Crippen LogP contribution in [0.2, 0.25) is 0 Å². The van der Waals surface area contributed by atoms with Crippen LogP contribution in [0.4, 0.5) is 0 Å². The van der Waals surface area contributed by atoms with Crippen molar-refractivity contribution in [2.75, 3.05) is 13.1 Å². The summed E-state index contributed by atoms with van der Waals surface area (Å²) in [4.78, 5) is 22.8. The van der Waals surface area contributed by atoms with Crippen LogP contribution in [0.15, 0.2) is 0 Å². The number of hydrogen-bond acceptors (Lipinski definition) is 2. The van der Waals surface area contributed by atoms with Crippen LogP contribution in [0.1, 0.15) is 53.4 Å². The van der Waals surface area contributed by atoms with Crippen molar-refractivity contribution in [2.24, 2.45) is 5.41 Å². The second kappa shape index (κ2) is 8.09. The van der Waals surface area contributed by atoms with E-state index in [0.717, 1.165) is 19.4 Å². The quantitative estimate of drug-likeness (QED) is 0.669. The van der Waals surface area contributed by atoms with Crippen molar-refractivity contribution < 1.29 is 9.59 Å². The summed E-state index contributed by atoms with van der Waals surface area (Å²) in [6.07, 6.45) is 3.28. The maximum absolute atomic E-state index is 11.5. The molecule has 0 aromatic carbocycles. The van der Waals surface area contributed by atoms with Crippen LogP contribution < -0.4 is 10.6 Å². The van der Waals surface area contributed by atoms with Crippen molar-refractivity contribution in [3.8, 4) is 0 Å². The molecule has 0 aliphatic heterocycles. The molecule has 0 aromatic rings. The average molecular weight is 242 g/mol. The number of hydrogen-bond donors (Lipinski definition) is 2. The predicted octanol–water partition coefficient (Wildman–Crippen LogP) is 1.85. The van der Waals surface area contributed by atoms with Crippen LogP contribution >= 0.6 is 0 Å². The number of amides is 2. The van der Waals surface area contributed by atoms with Gasteiger partial charge in [0.25, 0.3) is 0 Å². The van der Waals surface area contributed by atoms with Gasteiger partial charge in [-0.2, -0.15) is 0 Å². The second-order valence-corrected chi connectivity index (χ2v) is 5.31. The van der Waals surface area contributed by atoms with Gasteiger partial charge in [-0.25, -0.2) is 0 Å². The molecule has 100 valence electrons. The highest BCUT2D eigenvalue weighted by atomic mass is 16.2. The van der Waals surface area contributed by atoms with E-state index in [1.165, 1.54) is 0 Å². The lowest BCUT2D eigenvalue weighted by Gasteiger charge is -2.17. The molecule has 2 amide bonds. The van der Waals surface area contributed by atoms with Gasteiger partial charge in [-0.1, -0.05) is 34.1 Å². The Hall–Kier alpha value is -1.06. The number of unbranched alkanes of at least 4 members (excludes halogenated alkanes) is 1. The molecule has 4 heteroatoms. The van der Waals surface area contributed by atoms with E-state index in [0.29, 0.717) is 19.4 Å². The van der Waals surface area contributed by atoms with Gasteiger partial charge < -0.3 is 10.6 Å². The fourth-order valence-corrected chi connectivity index (χ4v) is 1.21. The number of carbonyl (C=O) groups is 2.